The monoisotopic (exact) mass is 258 g/mol. The zero-order chi connectivity index (χ0) is 11.8. The molecule has 0 saturated heterocycles. The number of halogens is 1. The van der Waals surface area contributed by atoms with Crippen molar-refractivity contribution in [2.24, 2.45) is 5.73 Å². The minimum atomic E-state index is -0.629. The van der Waals surface area contributed by atoms with Gasteiger partial charge in [0, 0.05) is 0 Å². The summed E-state index contributed by atoms with van der Waals surface area (Å²) in [5.74, 6) is -0.512. The summed E-state index contributed by atoms with van der Waals surface area (Å²) in [5, 5.41) is 11.8. The number of carbonyl (C=O) groups excluding carboxylic acids is 1. The Bertz CT molecular complexity index is 320. The molecule has 1 aromatic carbocycles. The standard InChI is InChI=1S/C12H18N2O2.ClH/c13-12(16)11(9-15)14-8-4-7-10-5-2-1-3-6-10;/h1-3,5-6,11,14-15H,4,7-9H2,(H2,13,16);1H. The van der Waals surface area contributed by atoms with E-state index in [-0.39, 0.29) is 19.0 Å². The van der Waals surface area contributed by atoms with Crippen molar-refractivity contribution < 1.29 is 9.90 Å². The van der Waals surface area contributed by atoms with Gasteiger partial charge in [-0.05, 0) is 24.9 Å². The van der Waals surface area contributed by atoms with Gasteiger partial charge >= 0.3 is 0 Å². The van der Waals surface area contributed by atoms with E-state index in [0.717, 1.165) is 12.8 Å². The largest absolute Gasteiger partial charge is 0.394 e. The summed E-state index contributed by atoms with van der Waals surface area (Å²) in [5.41, 5.74) is 6.35. The number of hydrogen-bond acceptors (Lipinski definition) is 3. The second-order valence-electron chi connectivity index (χ2n) is 3.68. The molecule has 1 aromatic rings. The van der Waals surface area contributed by atoms with Gasteiger partial charge in [-0.1, -0.05) is 30.3 Å². The topological polar surface area (TPSA) is 75.4 Å². The fourth-order valence-corrected chi connectivity index (χ4v) is 1.47. The minimum Gasteiger partial charge on any atom is -0.394 e. The lowest BCUT2D eigenvalue weighted by Crippen LogP contribution is -2.44. The number of rotatable bonds is 7. The van der Waals surface area contributed by atoms with E-state index in [4.69, 9.17) is 10.8 Å². The molecule has 0 fully saturated rings. The van der Waals surface area contributed by atoms with Crippen LogP contribution in [-0.4, -0.2) is 30.2 Å². The molecule has 0 aliphatic rings. The summed E-state index contributed by atoms with van der Waals surface area (Å²) in [4.78, 5) is 10.8. The molecule has 4 N–H and O–H groups in total. The first-order valence-electron chi connectivity index (χ1n) is 5.41. The highest BCUT2D eigenvalue weighted by Gasteiger charge is 2.11. The second-order valence-corrected chi connectivity index (χ2v) is 3.68. The number of primary amides is 1. The molecule has 0 radical (unpaired) electrons. The summed E-state index contributed by atoms with van der Waals surface area (Å²) < 4.78 is 0. The highest BCUT2D eigenvalue weighted by molar-refractivity contribution is 5.85. The van der Waals surface area contributed by atoms with E-state index in [1.165, 1.54) is 5.56 Å². The molecule has 0 spiro atoms. The minimum absolute atomic E-state index is 0. The molecule has 0 bridgehead atoms. The van der Waals surface area contributed by atoms with E-state index in [1.54, 1.807) is 0 Å². The van der Waals surface area contributed by atoms with Gasteiger partial charge in [0.25, 0.3) is 0 Å². The van der Waals surface area contributed by atoms with Crippen molar-refractivity contribution in [1.29, 1.82) is 0 Å². The lowest BCUT2D eigenvalue weighted by Gasteiger charge is -2.11. The van der Waals surface area contributed by atoms with Crippen molar-refractivity contribution in [3.05, 3.63) is 35.9 Å². The molecule has 1 rings (SSSR count). The molecule has 1 atom stereocenters. The SMILES string of the molecule is Cl.NC(=O)C(CO)NCCCc1ccccc1. The van der Waals surface area contributed by atoms with Crippen LogP contribution >= 0.6 is 12.4 Å². The second kappa shape index (κ2) is 8.98. The first kappa shape index (κ1) is 15.9. The third-order valence-corrected chi connectivity index (χ3v) is 2.40. The molecular formula is C12H19ClN2O2. The number of nitrogens with two attached hydrogens (primary N) is 1. The van der Waals surface area contributed by atoms with Crippen LogP contribution in [0, 0.1) is 0 Å². The Morgan fingerprint density at radius 2 is 2.00 bits per heavy atom. The maximum absolute atomic E-state index is 10.8. The van der Waals surface area contributed by atoms with Gasteiger partial charge in [-0.25, -0.2) is 0 Å². The number of aliphatic hydroxyl groups excluding tert-OH is 1. The van der Waals surface area contributed by atoms with E-state index >= 15 is 0 Å². The zero-order valence-electron chi connectivity index (χ0n) is 9.63. The van der Waals surface area contributed by atoms with E-state index in [2.05, 4.69) is 17.4 Å². The van der Waals surface area contributed by atoms with Gasteiger partial charge in [0.15, 0.2) is 0 Å². The highest BCUT2D eigenvalue weighted by Crippen LogP contribution is 2.01. The number of aryl methyl sites for hydroxylation is 1. The van der Waals surface area contributed by atoms with Crippen molar-refractivity contribution in [2.45, 2.75) is 18.9 Å². The molecule has 96 valence electrons. The Balaban J connectivity index is 0.00000256. The Morgan fingerprint density at radius 3 is 2.53 bits per heavy atom. The molecule has 0 saturated carbocycles. The molecule has 0 aromatic heterocycles. The lowest BCUT2D eigenvalue weighted by molar-refractivity contribution is -0.120. The molecule has 5 heteroatoms. The van der Waals surface area contributed by atoms with Gasteiger partial charge < -0.3 is 16.2 Å². The number of nitrogens with one attached hydrogen (secondary N) is 1. The van der Waals surface area contributed by atoms with E-state index in [9.17, 15) is 4.79 Å². The van der Waals surface area contributed by atoms with Gasteiger partial charge in [-0.3, -0.25) is 4.79 Å². The molecule has 0 aliphatic heterocycles. The summed E-state index contributed by atoms with van der Waals surface area (Å²) in [7, 11) is 0. The van der Waals surface area contributed by atoms with Crippen LogP contribution < -0.4 is 11.1 Å². The third kappa shape index (κ3) is 6.26. The smallest absolute Gasteiger partial charge is 0.236 e. The van der Waals surface area contributed by atoms with Gasteiger partial charge in [0.05, 0.1) is 6.61 Å². The van der Waals surface area contributed by atoms with Gasteiger partial charge in [-0.15, -0.1) is 12.4 Å². The molecular weight excluding hydrogens is 240 g/mol. The predicted octanol–water partition coefficient (Wildman–Crippen LogP) is 0.477. The zero-order valence-corrected chi connectivity index (χ0v) is 10.5. The number of benzene rings is 1. The van der Waals surface area contributed by atoms with Crippen LogP contribution in [-0.2, 0) is 11.2 Å². The maximum Gasteiger partial charge on any atom is 0.236 e. The van der Waals surface area contributed by atoms with E-state index in [1.807, 2.05) is 18.2 Å². The Kier molecular flexibility index (Phi) is 8.40. The molecule has 17 heavy (non-hydrogen) atoms. The number of hydrogen-bond donors (Lipinski definition) is 3. The first-order chi connectivity index (χ1) is 7.74. The van der Waals surface area contributed by atoms with Gasteiger partial charge in [-0.2, -0.15) is 0 Å². The maximum atomic E-state index is 10.8. The third-order valence-electron chi connectivity index (χ3n) is 2.40. The molecule has 1 amide bonds. The average molecular weight is 259 g/mol. The van der Waals surface area contributed by atoms with Crippen LogP contribution in [0.15, 0.2) is 30.3 Å². The fraction of sp³-hybridized carbons (Fsp3) is 0.417. The number of aliphatic hydroxyl groups is 1. The summed E-state index contributed by atoms with van der Waals surface area (Å²) in [6.07, 6.45) is 1.86. The van der Waals surface area contributed by atoms with Crippen LogP contribution in [0.5, 0.6) is 0 Å². The summed E-state index contributed by atoms with van der Waals surface area (Å²) >= 11 is 0. The van der Waals surface area contributed by atoms with Crippen molar-refractivity contribution in [2.75, 3.05) is 13.2 Å². The van der Waals surface area contributed by atoms with E-state index < -0.39 is 11.9 Å². The van der Waals surface area contributed by atoms with Gasteiger partial charge in [0.2, 0.25) is 5.91 Å². The van der Waals surface area contributed by atoms with Crippen molar-refractivity contribution >= 4 is 18.3 Å². The molecule has 4 nitrogen and oxygen atoms in total. The Morgan fingerprint density at radius 1 is 1.35 bits per heavy atom. The van der Waals surface area contributed by atoms with Crippen LogP contribution in [0.2, 0.25) is 0 Å². The fourth-order valence-electron chi connectivity index (χ4n) is 1.47. The van der Waals surface area contributed by atoms with Gasteiger partial charge in [0.1, 0.15) is 6.04 Å². The number of amides is 1. The van der Waals surface area contributed by atoms with Crippen LogP contribution in [0.25, 0.3) is 0 Å². The van der Waals surface area contributed by atoms with Crippen molar-refractivity contribution in [1.82, 2.24) is 5.32 Å². The first-order valence-corrected chi connectivity index (χ1v) is 5.41. The summed E-state index contributed by atoms with van der Waals surface area (Å²) in [6.45, 7) is 0.420. The summed E-state index contributed by atoms with van der Waals surface area (Å²) in [6, 6.07) is 9.49. The Labute approximate surface area is 108 Å². The van der Waals surface area contributed by atoms with Crippen LogP contribution in [0.4, 0.5) is 0 Å². The van der Waals surface area contributed by atoms with Crippen molar-refractivity contribution in [3.8, 4) is 0 Å². The molecule has 0 aliphatic carbocycles. The highest BCUT2D eigenvalue weighted by atomic mass is 35.5. The van der Waals surface area contributed by atoms with Crippen molar-refractivity contribution in [3.63, 3.8) is 0 Å². The average Bonchev–Trinajstić information content (AvgIpc) is 2.30. The molecule has 0 heterocycles. The quantitative estimate of drug-likeness (QED) is 0.623. The van der Waals surface area contributed by atoms with E-state index in [0.29, 0.717) is 6.54 Å². The number of carbonyl (C=O) groups is 1. The van der Waals surface area contributed by atoms with Crippen LogP contribution in [0.1, 0.15) is 12.0 Å². The Hall–Kier alpha value is -1.10. The molecule has 1 unspecified atom stereocenters. The van der Waals surface area contributed by atoms with Crippen LogP contribution in [0.3, 0.4) is 0 Å². The normalized spacial score (nSPS) is 11.6. The predicted molar refractivity (Wildman–Crippen MR) is 70.1 cm³/mol. The lowest BCUT2D eigenvalue weighted by atomic mass is 10.1.